The molecule has 104 valence electrons. The zero-order valence-electron chi connectivity index (χ0n) is 10.5. The van der Waals surface area contributed by atoms with Crippen LogP contribution in [-0.4, -0.2) is 18.6 Å². The number of hydrogen-bond acceptors (Lipinski definition) is 4. The van der Waals surface area contributed by atoms with Crippen molar-refractivity contribution in [1.29, 1.82) is 5.26 Å². The summed E-state index contributed by atoms with van der Waals surface area (Å²) in [6, 6.07) is 6.50. The molecule has 0 bridgehead atoms. The Hall–Kier alpha value is -2.40. The number of nitrogens with zero attached hydrogens (tertiary/aromatic N) is 2. The molecule has 0 fully saturated rings. The zero-order valence-corrected chi connectivity index (χ0v) is 11.3. The van der Waals surface area contributed by atoms with Gasteiger partial charge < -0.3 is 0 Å². The molecule has 0 aliphatic carbocycles. The van der Waals surface area contributed by atoms with Gasteiger partial charge in [-0.1, -0.05) is 13.0 Å². The van der Waals surface area contributed by atoms with E-state index in [9.17, 15) is 12.8 Å². The average molecular weight is 294 g/mol. The number of hydrogen-bond donors (Lipinski definition) is 2. The fraction of sp³-hybridized carbons (Fsp3) is 0.167. The third kappa shape index (κ3) is 2.62. The highest BCUT2D eigenvalue weighted by Gasteiger charge is 2.22. The number of anilines is 1. The Kier molecular flexibility index (Phi) is 3.72. The second-order valence-electron chi connectivity index (χ2n) is 3.96. The summed E-state index contributed by atoms with van der Waals surface area (Å²) in [7, 11) is -4.07. The van der Waals surface area contributed by atoms with Crippen LogP contribution < -0.4 is 4.72 Å². The van der Waals surface area contributed by atoms with Crippen LogP contribution in [0.2, 0.25) is 0 Å². The predicted octanol–water partition coefficient (Wildman–Crippen LogP) is 1.78. The van der Waals surface area contributed by atoms with Gasteiger partial charge in [0.15, 0.2) is 5.82 Å². The number of rotatable bonds is 4. The summed E-state index contributed by atoms with van der Waals surface area (Å²) >= 11 is 0. The van der Waals surface area contributed by atoms with Crippen molar-refractivity contribution in [2.45, 2.75) is 18.2 Å². The molecule has 0 aliphatic rings. The maximum Gasteiger partial charge on any atom is 0.264 e. The first-order chi connectivity index (χ1) is 9.47. The number of aryl methyl sites for hydroxylation is 1. The topological polar surface area (TPSA) is 98.6 Å². The first kappa shape index (κ1) is 14.0. The van der Waals surface area contributed by atoms with E-state index < -0.39 is 26.3 Å². The van der Waals surface area contributed by atoms with Crippen LogP contribution >= 0.6 is 0 Å². The molecule has 0 saturated heterocycles. The molecule has 1 aromatic carbocycles. The van der Waals surface area contributed by atoms with E-state index in [-0.39, 0.29) is 5.82 Å². The molecule has 2 N–H and O–H groups in total. The summed E-state index contributed by atoms with van der Waals surface area (Å²) < 4.78 is 39.9. The number of benzene rings is 1. The van der Waals surface area contributed by atoms with Gasteiger partial charge in [0.1, 0.15) is 22.3 Å². The molecule has 1 aromatic heterocycles. The van der Waals surface area contributed by atoms with Crippen LogP contribution in [-0.2, 0) is 16.4 Å². The molecule has 2 aromatic rings. The fourth-order valence-electron chi connectivity index (χ4n) is 1.62. The zero-order chi connectivity index (χ0) is 14.8. The van der Waals surface area contributed by atoms with Crippen LogP contribution in [0.1, 0.15) is 18.2 Å². The highest BCUT2D eigenvalue weighted by Crippen LogP contribution is 2.20. The molecular weight excluding hydrogens is 283 g/mol. The highest BCUT2D eigenvalue weighted by molar-refractivity contribution is 7.92. The largest absolute Gasteiger partial charge is 0.280 e. The van der Waals surface area contributed by atoms with E-state index in [1.54, 1.807) is 6.07 Å². The van der Waals surface area contributed by atoms with E-state index in [0.29, 0.717) is 6.42 Å². The van der Waals surface area contributed by atoms with Crippen molar-refractivity contribution in [3.8, 4) is 6.07 Å². The van der Waals surface area contributed by atoms with E-state index in [4.69, 9.17) is 5.26 Å². The standard InChI is InChI=1S/C12H11FN4O2S/c1-2-8-6-12(16-15-8)17-20(18,19)11-5-3-4-10(13)9(11)7-14/h3-6H,2H2,1H3,(H2,15,16,17). The molecule has 8 heteroatoms. The number of sulfonamides is 1. The van der Waals surface area contributed by atoms with Crippen LogP contribution in [0, 0.1) is 17.1 Å². The lowest BCUT2D eigenvalue weighted by atomic mass is 10.2. The number of aromatic amines is 1. The van der Waals surface area contributed by atoms with Crippen molar-refractivity contribution >= 4 is 15.8 Å². The maximum atomic E-state index is 13.4. The Morgan fingerprint density at radius 2 is 2.25 bits per heavy atom. The van der Waals surface area contributed by atoms with Crippen LogP contribution in [0.3, 0.4) is 0 Å². The summed E-state index contributed by atoms with van der Waals surface area (Å²) in [5.74, 6) is -0.790. The van der Waals surface area contributed by atoms with Gasteiger partial charge in [-0.25, -0.2) is 12.8 Å². The minimum Gasteiger partial charge on any atom is -0.280 e. The van der Waals surface area contributed by atoms with Crippen molar-refractivity contribution < 1.29 is 12.8 Å². The summed E-state index contributed by atoms with van der Waals surface area (Å²) in [5.41, 5.74) is 0.230. The molecule has 0 spiro atoms. The van der Waals surface area contributed by atoms with Crippen molar-refractivity contribution in [3.63, 3.8) is 0 Å². The molecule has 0 atom stereocenters. The molecule has 0 radical (unpaired) electrons. The first-order valence-corrected chi connectivity index (χ1v) is 7.22. The van der Waals surface area contributed by atoms with Crippen molar-refractivity contribution in [2.75, 3.05) is 4.72 Å². The lowest BCUT2D eigenvalue weighted by Gasteiger charge is -2.07. The molecule has 0 amide bonds. The quantitative estimate of drug-likeness (QED) is 0.898. The van der Waals surface area contributed by atoms with E-state index >= 15 is 0 Å². The van der Waals surface area contributed by atoms with E-state index in [1.165, 1.54) is 12.1 Å². The Balaban J connectivity index is 2.41. The second-order valence-corrected chi connectivity index (χ2v) is 5.61. The third-order valence-electron chi connectivity index (χ3n) is 2.63. The molecule has 1 heterocycles. The van der Waals surface area contributed by atoms with E-state index in [1.807, 2.05) is 6.92 Å². The number of H-pyrrole nitrogens is 1. The Labute approximate surface area is 115 Å². The van der Waals surface area contributed by atoms with Gasteiger partial charge in [-0.15, -0.1) is 0 Å². The van der Waals surface area contributed by atoms with Crippen molar-refractivity contribution in [3.05, 3.63) is 41.3 Å². The molecule has 0 unspecified atom stereocenters. The average Bonchev–Trinajstić information content (AvgIpc) is 2.85. The number of halogens is 1. The SMILES string of the molecule is CCc1cc(NS(=O)(=O)c2cccc(F)c2C#N)n[nH]1. The lowest BCUT2D eigenvalue weighted by Crippen LogP contribution is -2.15. The summed E-state index contributed by atoms with van der Waals surface area (Å²) in [5, 5.41) is 15.3. The van der Waals surface area contributed by atoms with Crippen molar-refractivity contribution in [2.24, 2.45) is 0 Å². The summed E-state index contributed by atoms with van der Waals surface area (Å²) in [6.45, 7) is 1.88. The number of nitrogens with one attached hydrogen (secondary N) is 2. The maximum absolute atomic E-state index is 13.4. The number of aromatic nitrogens is 2. The minimum absolute atomic E-state index is 0.0926. The molecule has 6 nitrogen and oxygen atoms in total. The predicted molar refractivity (Wildman–Crippen MR) is 69.9 cm³/mol. The molecule has 2 rings (SSSR count). The van der Waals surface area contributed by atoms with Crippen LogP contribution in [0.5, 0.6) is 0 Å². The van der Waals surface area contributed by atoms with E-state index in [2.05, 4.69) is 14.9 Å². The third-order valence-corrected chi connectivity index (χ3v) is 4.02. The first-order valence-electron chi connectivity index (χ1n) is 5.73. The minimum atomic E-state index is -4.07. The van der Waals surface area contributed by atoms with Gasteiger partial charge in [-0.05, 0) is 18.6 Å². The van der Waals surface area contributed by atoms with Gasteiger partial charge in [0.25, 0.3) is 10.0 Å². The Morgan fingerprint density at radius 3 is 2.85 bits per heavy atom. The fourth-order valence-corrected chi connectivity index (χ4v) is 2.78. The molecule has 0 saturated carbocycles. The number of nitriles is 1. The van der Waals surface area contributed by atoms with Gasteiger partial charge >= 0.3 is 0 Å². The van der Waals surface area contributed by atoms with Crippen LogP contribution in [0.25, 0.3) is 0 Å². The van der Waals surface area contributed by atoms with Gasteiger partial charge in [0.2, 0.25) is 0 Å². The molecule has 20 heavy (non-hydrogen) atoms. The van der Waals surface area contributed by atoms with Crippen LogP contribution in [0.4, 0.5) is 10.2 Å². The van der Waals surface area contributed by atoms with Crippen molar-refractivity contribution in [1.82, 2.24) is 10.2 Å². The van der Waals surface area contributed by atoms with Gasteiger partial charge in [-0.3, -0.25) is 9.82 Å². The Morgan fingerprint density at radius 1 is 1.50 bits per heavy atom. The summed E-state index contributed by atoms with van der Waals surface area (Å²) in [4.78, 5) is -0.416. The molecule has 0 aliphatic heterocycles. The molecular formula is C12H11FN4O2S. The highest BCUT2D eigenvalue weighted by atomic mass is 32.2. The lowest BCUT2D eigenvalue weighted by molar-refractivity contribution is 0.593. The van der Waals surface area contributed by atoms with Gasteiger partial charge in [0, 0.05) is 11.8 Å². The normalized spacial score (nSPS) is 11.1. The van der Waals surface area contributed by atoms with E-state index in [0.717, 1.165) is 17.8 Å². The van der Waals surface area contributed by atoms with Gasteiger partial charge in [-0.2, -0.15) is 10.4 Å². The smallest absolute Gasteiger partial charge is 0.264 e. The van der Waals surface area contributed by atoms with Crippen LogP contribution in [0.15, 0.2) is 29.2 Å². The summed E-state index contributed by atoms with van der Waals surface area (Å²) in [6.07, 6.45) is 0.665. The monoisotopic (exact) mass is 294 g/mol. The Bertz CT molecular complexity index is 777. The van der Waals surface area contributed by atoms with Gasteiger partial charge in [0.05, 0.1) is 0 Å². The second kappa shape index (κ2) is 5.30.